The van der Waals surface area contributed by atoms with E-state index >= 15 is 0 Å². The fourth-order valence-corrected chi connectivity index (χ4v) is 5.09. The molecule has 1 aliphatic rings. The molecule has 1 aliphatic heterocycles. The van der Waals surface area contributed by atoms with Crippen molar-refractivity contribution in [3.8, 4) is 0 Å². The Morgan fingerprint density at radius 2 is 2.00 bits per heavy atom. The highest BCUT2D eigenvalue weighted by atomic mass is 32.2. The first-order valence-corrected chi connectivity index (χ1v) is 9.36. The molecule has 22 heavy (non-hydrogen) atoms. The third-order valence-corrected chi connectivity index (χ3v) is 6.89. The average Bonchev–Trinajstić information content (AvgIpc) is 3.10. The van der Waals surface area contributed by atoms with E-state index in [1.807, 2.05) is 26.1 Å². The highest BCUT2D eigenvalue weighted by molar-refractivity contribution is 7.99. The van der Waals surface area contributed by atoms with Gasteiger partial charge in [-0.05, 0) is 25.5 Å². The second-order valence-electron chi connectivity index (χ2n) is 5.37. The normalized spacial score (nSPS) is 19.6. The van der Waals surface area contributed by atoms with Crippen molar-refractivity contribution in [3.63, 3.8) is 0 Å². The standard InChI is InChI=1S/C14H18N4O2S2/c1-11-3-5-13(6-4-11)22(19,20)18-8-7-12(9-18)21-14-15-10-16-17(14)2/h3-6,10,12H,7-9H2,1-2H3/t12-/m0/s1. The van der Waals surface area contributed by atoms with Gasteiger partial charge in [0.25, 0.3) is 0 Å². The zero-order chi connectivity index (χ0) is 15.7. The van der Waals surface area contributed by atoms with E-state index < -0.39 is 10.0 Å². The quantitative estimate of drug-likeness (QED) is 0.848. The molecule has 1 saturated heterocycles. The summed E-state index contributed by atoms with van der Waals surface area (Å²) in [7, 11) is -1.56. The first kappa shape index (κ1) is 15.5. The molecule has 1 aromatic heterocycles. The Morgan fingerprint density at radius 3 is 2.64 bits per heavy atom. The van der Waals surface area contributed by atoms with Gasteiger partial charge in [0.05, 0.1) is 4.90 Å². The molecule has 2 aromatic rings. The van der Waals surface area contributed by atoms with E-state index in [0.29, 0.717) is 18.0 Å². The van der Waals surface area contributed by atoms with Gasteiger partial charge in [-0.2, -0.15) is 9.40 Å². The van der Waals surface area contributed by atoms with Crippen molar-refractivity contribution in [2.75, 3.05) is 13.1 Å². The van der Waals surface area contributed by atoms with Gasteiger partial charge in [0.15, 0.2) is 5.16 Å². The van der Waals surface area contributed by atoms with Gasteiger partial charge in [0.2, 0.25) is 10.0 Å². The maximum Gasteiger partial charge on any atom is 0.243 e. The summed E-state index contributed by atoms with van der Waals surface area (Å²) in [5.74, 6) is 0. The molecule has 0 spiro atoms. The summed E-state index contributed by atoms with van der Waals surface area (Å²) in [4.78, 5) is 4.54. The van der Waals surface area contributed by atoms with Crippen LogP contribution in [0.5, 0.6) is 0 Å². The zero-order valence-corrected chi connectivity index (χ0v) is 14.1. The third-order valence-electron chi connectivity index (χ3n) is 3.71. The summed E-state index contributed by atoms with van der Waals surface area (Å²) in [6.45, 7) is 3.00. The van der Waals surface area contributed by atoms with Crippen LogP contribution in [0.2, 0.25) is 0 Å². The number of sulfonamides is 1. The molecule has 1 aromatic carbocycles. The van der Waals surface area contributed by atoms with Crippen molar-refractivity contribution < 1.29 is 8.42 Å². The number of hydrogen-bond acceptors (Lipinski definition) is 5. The fourth-order valence-electron chi connectivity index (χ4n) is 2.41. The Hall–Kier alpha value is -1.38. The van der Waals surface area contributed by atoms with Crippen LogP contribution < -0.4 is 0 Å². The number of thioether (sulfide) groups is 1. The second-order valence-corrected chi connectivity index (χ2v) is 8.58. The zero-order valence-electron chi connectivity index (χ0n) is 12.5. The predicted octanol–water partition coefficient (Wildman–Crippen LogP) is 1.68. The van der Waals surface area contributed by atoms with Crippen molar-refractivity contribution in [3.05, 3.63) is 36.2 Å². The summed E-state index contributed by atoms with van der Waals surface area (Å²) >= 11 is 1.59. The largest absolute Gasteiger partial charge is 0.244 e. The van der Waals surface area contributed by atoms with E-state index in [4.69, 9.17) is 0 Å². The van der Waals surface area contributed by atoms with Crippen LogP contribution in [0.4, 0.5) is 0 Å². The first-order chi connectivity index (χ1) is 10.5. The van der Waals surface area contributed by atoms with Crippen LogP contribution in [0.1, 0.15) is 12.0 Å². The molecule has 2 heterocycles. The summed E-state index contributed by atoms with van der Waals surface area (Å²) in [6.07, 6.45) is 2.33. The molecule has 0 amide bonds. The Morgan fingerprint density at radius 1 is 1.27 bits per heavy atom. The van der Waals surface area contributed by atoms with Crippen LogP contribution in [0.15, 0.2) is 40.6 Å². The molecule has 8 heteroatoms. The SMILES string of the molecule is Cc1ccc(S(=O)(=O)N2CC[C@H](Sc3ncnn3C)C2)cc1. The molecular formula is C14H18N4O2S2. The van der Waals surface area contributed by atoms with Crippen molar-refractivity contribution >= 4 is 21.8 Å². The van der Waals surface area contributed by atoms with E-state index in [9.17, 15) is 8.42 Å². The van der Waals surface area contributed by atoms with E-state index in [-0.39, 0.29) is 5.25 Å². The molecule has 0 aliphatic carbocycles. The molecule has 0 bridgehead atoms. The fraction of sp³-hybridized carbons (Fsp3) is 0.429. The number of hydrogen-bond donors (Lipinski definition) is 0. The molecule has 1 atom stereocenters. The lowest BCUT2D eigenvalue weighted by atomic mass is 10.2. The molecule has 0 radical (unpaired) electrons. The van der Waals surface area contributed by atoms with Gasteiger partial charge in [0.1, 0.15) is 6.33 Å². The lowest BCUT2D eigenvalue weighted by Crippen LogP contribution is -2.29. The van der Waals surface area contributed by atoms with Crippen molar-refractivity contribution in [1.29, 1.82) is 0 Å². The molecule has 1 fully saturated rings. The van der Waals surface area contributed by atoms with E-state index in [1.54, 1.807) is 32.9 Å². The lowest BCUT2D eigenvalue weighted by Gasteiger charge is -2.16. The van der Waals surface area contributed by atoms with Crippen LogP contribution >= 0.6 is 11.8 Å². The highest BCUT2D eigenvalue weighted by Crippen LogP contribution is 2.31. The minimum Gasteiger partial charge on any atom is -0.244 e. The topological polar surface area (TPSA) is 68.1 Å². The maximum absolute atomic E-state index is 12.6. The van der Waals surface area contributed by atoms with Crippen LogP contribution in [0, 0.1) is 6.92 Å². The molecule has 0 unspecified atom stereocenters. The van der Waals surface area contributed by atoms with E-state index in [1.165, 1.54) is 6.33 Å². The van der Waals surface area contributed by atoms with Gasteiger partial charge in [0, 0.05) is 25.4 Å². The van der Waals surface area contributed by atoms with Crippen LogP contribution in [0.3, 0.4) is 0 Å². The third kappa shape index (κ3) is 3.04. The number of aromatic nitrogens is 3. The molecular weight excluding hydrogens is 320 g/mol. The van der Waals surface area contributed by atoms with E-state index in [0.717, 1.165) is 17.1 Å². The van der Waals surface area contributed by atoms with Crippen LogP contribution in [-0.4, -0.2) is 45.8 Å². The number of rotatable bonds is 4. The number of nitrogens with zero attached hydrogens (tertiary/aromatic N) is 4. The van der Waals surface area contributed by atoms with Crippen molar-refractivity contribution in [1.82, 2.24) is 19.1 Å². The van der Waals surface area contributed by atoms with Crippen LogP contribution in [-0.2, 0) is 17.1 Å². The monoisotopic (exact) mass is 338 g/mol. The minimum absolute atomic E-state index is 0.211. The molecule has 0 N–H and O–H groups in total. The van der Waals surface area contributed by atoms with Gasteiger partial charge >= 0.3 is 0 Å². The summed E-state index contributed by atoms with van der Waals surface area (Å²) in [6, 6.07) is 7.01. The van der Waals surface area contributed by atoms with E-state index in [2.05, 4.69) is 10.1 Å². The summed E-state index contributed by atoms with van der Waals surface area (Å²) in [5.41, 5.74) is 1.05. The lowest BCUT2D eigenvalue weighted by molar-refractivity contribution is 0.478. The summed E-state index contributed by atoms with van der Waals surface area (Å²) in [5, 5.41) is 5.07. The molecule has 6 nitrogen and oxygen atoms in total. The first-order valence-electron chi connectivity index (χ1n) is 7.04. The Bertz CT molecular complexity index is 755. The van der Waals surface area contributed by atoms with Crippen LogP contribution in [0.25, 0.3) is 0 Å². The highest BCUT2D eigenvalue weighted by Gasteiger charge is 2.33. The van der Waals surface area contributed by atoms with Gasteiger partial charge in [-0.3, -0.25) is 0 Å². The van der Waals surface area contributed by atoms with Gasteiger partial charge in [-0.25, -0.2) is 18.1 Å². The van der Waals surface area contributed by atoms with Gasteiger partial charge in [-0.1, -0.05) is 29.5 Å². The average molecular weight is 338 g/mol. The maximum atomic E-state index is 12.6. The van der Waals surface area contributed by atoms with Crippen molar-refractivity contribution in [2.24, 2.45) is 7.05 Å². The van der Waals surface area contributed by atoms with Gasteiger partial charge < -0.3 is 0 Å². The Labute approximate surface area is 134 Å². The second kappa shape index (κ2) is 6.02. The molecule has 3 rings (SSSR count). The predicted molar refractivity (Wildman–Crippen MR) is 85.2 cm³/mol. The Kier molecular flexibility index (Phi) is 4.24. The minimum atomic E-state index is -3.40. The number of aryl methyl sites for hydroxylation is 2. The smallest absolute Gasteiger partial charge is 0.243 e. The van der Waals surface area contributed by atoms with Gasteiger partial charge in [-0.15, -0.1) is 0 Å². The molecule has 118 valence electrons. The molecule has 0 saturated carbocycles. The van der Waals surface area contributed by atoms with Crippen molar-refractivity contribution in [2.45, 2.75) is 28.6 Å². The summed E-state index contributed by atoms with van der Waals surface area (Å²) < 4.78 is 28.6. The Balaban J connectivity index is 1.71. The number of benzene rings is 1.